The lowest BCUT2D eigenvalue weighted by molar-refractivity contribution is -0.384. The summed E-state index contributed by atoms with van der Waals surface area (Å²) in [6.07, 6.45) is 1.24. The number of nitrogens with zero attached hydrogens (tertiary/aromatic N) is 2. The molecule has 0 aliphatic carbocycles. The molecule has 0 spiro atoms. The zero-order valence-electron chi connectivity index (χ0n) is 21.2. The van der Waals surface area contributed by atoms with Gasteiger partial charge in [0, 0.05) is 44.2 Å². The first-order valence-electron chi connectivity index (χ1n) is 11.8. The number of benzene rings is 1. The molecule has 2 atom stereocenters. The molecule has 35 heavy (non-hydrogen) atoms. The number of amides is 1. The van der Waals surface area contributed by atoms with Crippen LogP contribution in [-0.2, 0) is 19.0 Å². The number of piperazine rings is 1. The topological polar surface area (TPSA) is 140 Å². The van der Waals surface area contributed by atoms with Gasteiger partial charge in [-0.05, 0) is 36.5 Å². The van der Waals surface area contributed by atoms with Crippen molar-refractivity contribution in [3.8, 4) is 0 Å². The van der Waals surface area contributed by atoms with Gasteiger partial charge in [0.25, 0.3) is 15.8 Å². The molecule has 198 valence electrons. The summed E-state index contributed by atoms with van der Waals surface area (Å²) in [6, 6.07) is 4.74. The van der Waals surface area contributed by atoms with Crippen molar-refractivity contribution < 1.29 is 27.1 Å². The molecule has 1 amide bonds. The third kappa shape index (κ3) is 9.61. The number of ether oxygens (including phenoxy) is 1. The van der Waals surface area contributed by atoms with Crippen LogP contribution in [0.5, 0.6) is 0 Å². The fourth-order valence-corrected chi connectivity index (χ4v) is 4.23. The van der Waals surface area contributed by atoms with Crippen molar-refractivity contribution >= 4 is 27.6 Å². The quantitative estimate of drug-likeness (QED) is 0.196. The van der Waals surface area contributed by atoms with E-state index in [4.69, 9.17) is 8.92 Å². The van der Waals surface area contributed by atoms with Gasteiger partial charge in [0.05, 0.1) is 17.8 Å². The summed E-state index contributed by atoms with van der Waals surface area (Å²) in [4.78, 5) is 25.6. The number of anilines is 1. The number of rotatable bonds is 11. The van der Waals surface area contributed by atoms with Crippen molar-refractivity contribution in [2.24, 2.45) is 11.3 Å². The summed E-state index contributed by atoms with van der Waals surface area (Å²) >= 11 is 0. The molecule has 0 saturated carbocycles. The van der Waals surface area contributed by atoms with Crippen LogP contribution in [0.25, 0.3) is 0 Å². The second kappa shape index (κ2) is 12.5. The Morgan fingerprint density at radius 2 is 1.94 bits per heavy atom. The lowest BCUT2D eigenvalue weighted by Gasteiger charge is -2.34. The second-order valence-electron chi connectivity index (χ2n) is 10.1. The van der Waals surface area contributed by atoms with Crippen LogP contribution in [0.1, 0.15) is 52.2 Å². The van der Waals surface area contributed by atoms with E-state index in [-0.39, 0.29) is 18.2 Å². The van der Waals surface area contributed by atoms with Gasteiger partial charge in [-0.3, -0.25) is 14.3 Å². The molecule has 0 bridgehead atoms. The molecule has 1 heterocycles. The molecular formula is C23H38N4O7S. The van der Waals surface area contributed by atoms with Crippen LogP contribution in [0.3, 0.4) is 0 Å². The number of nitro benzene ring substituents is 1. The predicted molar refractivity (Wildman–Crippen MR) is 134 cm³/mol. The normalized spacial score (nSPS) is 16.4. The molecule has 11 nitrogen and oxygen atoms in total. The first-order valence-corrected chi connectivity index (χ1v) is 13.6. The molecule has 2 unspecified atom stereocenters. The summed E-state index contributed by atoms with van der Waals surface area (Å²) < 4.78 is 32.8. The van der Waals surface area contributed by atoms with E-state index >= 15 is 0 Å². The first-order chi connectivity index (χ1) is 16.3. The molecule has 1 saturated heterocycles. The highest BCUT2D eigenvalue weighted by Crippen LogP contribution is 2.39. The van der Waals surface area contributed by atoms with Crippen molar-refractivity contribution in [1.29, 1.82) is 0 Å². The van der Waals surface area contributed by atoms with E-state index in [1.54, 1.807) is 17.0 Å². The Morgan fingerprint density at radius 1 is 1.29 bits per heavy atom. The van der Waals surface area contributed by atoms with Gasteiger partial charge >= 0.3 is 6.09 Å². The minimum Gasteiger partial charge on any atom is -0.441 e. The Morgan fingerprint density at radius 3 is 2.51 bits per heavy atom. The number of nitro groups is 1. The fraction of sp³-hybridized carbons (Fsp3) is 0.696. The summed E-state index contributed by atoms with van der Waals surface area (Å²) in [5, 5.41) is 18.0. The molecule has 12 heteroatoms. The van der Waals surface area contributed by atoms with Gasteiger partial charge in [0.2, 0.25) is 0 Å². The SMILES string of the molecule is CC(CCCOS(C)(=O)=O)CNc1cc(C(OC(=O)N2CCNCC2)C(C)(C)C)ccc1[N+](=O)[O-]. The number of hydrogen-bond acceptors (Lipinski definition) is 9. The van der Waals surface area contributed by atoms with Crippen LogP contribution in [0.2, 0.25) is 0 Å². The van der Waals surface area contributed by atoms with Crippen molar-refractivity contribution in [2.75, 3.05) is 50.9 Å². The summed E-state index contributed by atoms with van der Waals surface area (Å²) in [5.41, 5.74) is 0.509. The fourth-order valence-electron chi connectivity index (χ4n) is 3.81. The van der Waals surface area contributed by atoms with Crippen LogP contribution in [0.4, 0.5) is 16.2 Å². The van der Waals surface area contributed by atoms with Gasteiger partial charge in [-0.2, -0.15) is 8.42 Å². The average Bonchev–Trinajstić information content (AvgIpc) is 2.77. The third-order valence-electron chi connectivity index (χ3n) is 5.68. The van der Waals surface area contributed by atoms with Crippen LogP contribution < -0.4 is 10.6 Å². The summed E-state index contributed by atoms with van der Waals surface area (Å²) in [6.45, 7) is 10.9. The Kier molecular flexibility index (Phi) is 10.3. The van der Waals surface area contributed by atoms with E-state index in [2.05, 4.69) is 10.6 Å². The Labute approximate surface area is 207 Å². The van der Waals surface area contributed by atoms with Crippen LogP contribution in [0, 0.1) is 21.4 Å². The first kappa shape index (κ1) is 28.8. The van der Waals surface area contributed by atoms with Gasteiger partial charge in [0.15, 0.2) is 0 Å². The smallest absolute Gasteiger partial charge is 0.410 e. The Balaban J connectivity index is 2.13. The van der Waals surface area contributed by atoms with Gasteiger partial charge in [-0.15, -0.1) is 0 Å². The van der Waals surface area contributed by atoms with Crippen molar-refractivity contribution in [1.82, 2.24) is 10.2 Å². The minimum absolute atomic E-state index is 0.0672. The minimum atomic E-state index is -3.47. The average molecular weight is 515 g/mol. The molecule has 0 aromatic heterocycles. The molecule has 2 N–H and O–H groups in total. The number of carbonyl (C=O) groups is 1. The molecule has 1 aromatic rings. The zero-order chi connectivity index (χ0) is 26.2. The van der Waals surface area contributed by atoms with Gasteiger partial charge in [0.1, 0.15) is 11.8 Å². The summed E-state index contributed by atoms with van der Waals surface area (Å²) in [5.74, 6) is 0.116. The highest BCUT2D eigenvalue weighted by molar-refractivity contribution is 7.85. The van der Waals surface area contributed by atoms with E-state index in [9.17, 15) is 23.3 Å². The predicted octanol–water partition coefficient (Wildman–Crippen LogP) is 3.53. The third-order valence-corrected chi connectivity index (χ3v) is 6.27. The van der Waals surface area contributed by atoms with E-state index in [1.165, 1.54) is 6.07 Å². The highest BCUT2D eigenvalue weighted by atomic mass is 32.2. The Bertz CT molecular complexity index is 973. The number of hydrogen-bond donors (Lipinski definition) is 2. The molecule has 0 radical (unpaired) electrons. The van der Waals surface area contributed by atoms with Crippen molar-refractivity contribution in [2.45, 2.75) is 46.6 Å². The lowest BCUT2D eigenvalue weighted by Crippen LogP contribution is -2.47. The van der Waals surface area contributed by atoms with Crippen molar-refractivity contribution in [3.63, 3.8) is 0 Å². The largest absolute Gasteiger partial charge is 0.441 e. The Hall–Kier alpha value is -2.44. The number of carbonyl (C=O) groups excluding carboxylic acids is 1. The van der Waals surface area contributed by atoms with E-state index in [0.29, 0.717) is 56.8 Å². The van der Waals surface area contributed by atoms with Gasteiger partial charge in [-0.1, -0.05) is 27.7 Å². The monoisotopic (exact) mass is 514 g/mol. The van der Waals surface area contributed by atoms with Gasteiger partial charge in [-0.25, -0.2) is 4.79 Å². The molecule has 1 aromatic carbocycles. The van der Waals surface area contributed by atoms with Crippen LogP contribution in [0.15, 0.2) is 18.2 Å². The highest BCUT2D eigenvalue weighted by Gasteiger charge is 2.33. The zero-order valence-corrected chi connectivity index (χ0v) is 22.0. The standard InChI is InChI=1S/C23H38N4O7S/c1-17(7-6-14-33-35(5,31)32)16-25-19-15-18(8-9-20(19)27(29)30)21(23(2,3)4)34-22(28)26-12-10-24-11-13-26/h8-9,15,17,21,24-25H,6-7,10-14,16H2,1-5H3. The van der Waals surface area contributed by atoms with Crippen molar-refractivity contribution in [3.05, 3.63) is 33.9 Å². The molecule has 1 fully saturated rings. The molecular weight excluding hydrogens is 476 g/mol. The van der Waals surface area contributed by atoms with Crippen LogP contribution >= 0.6 is 0 Å². The maximum Gasteiger partial charge on any atom is 0.410 e. The lowest BCUT2D eigenvalue weighted by atomic mass is 9.84. The molecule has 2 rings (SSSR count). The van der Waals surface area contributed by atoms with E-state index in [0.717, 1.165) is 6.26 Å². The molecule has 1 aliphatic heterocycles. The van der Waals surface area contributed by atoms with E-state index < -0.39 is 32.7 Å². The second-order valence-corrected chi connectivity index (χ2v) is 11.7. The summed E-state index contributed by atoms with van der Waals surface area (Å²) in [7, 11) is -3.47. The molecule has 1 aliphatic rings. The number of nitrogens with one attached hydrogen (secondary N) is 2. The van der Waals surface area contributed by atoms with Crippen LogP contribution in [-0.4, -0.2) is 69.9 Å². The van der Waals surface area contributed by atoms with Gasteiger partial charge < -0.3 is 20.3 Å². The maximum atomic E-state index is 12.8. The van der Waals surface area contributed by atoms with E-state index in [1.807, 2.05) is 27.7 Å². The maximum absolute atomic E-state index is 12.8.